The Morgan fingerprint density at radius 3 is 2.87 bits per heavy atom. The van der Waals surface area contributed by atoms with E-state index in [1.807, 2.05) is 12.1 Å². The fourth-order valence-corrected chi connectivity index (χ4v) is 4.29. The van der Waals surface area contributed by atoms with Crippen LogP contribution in [0.25, 0.3) is 0 Å². The van der Waals surface area contributed by atoms with Crippen LogP contribution in [0.15, 0.2) is 41.5 Å². The van der Waals surface area contributed by atoms with E-state index in [4.69, 9.17) is 21.3 Å². The van der Waals surface area contributed by atoms with Gasteiger partial charge in [0.1, 0.15) is 11.7 Å². The molecule has 2 aliphatic rings. The van der Waals surface area contributed by atoms with Crippen molar-refractivity contribution in [2.24, 2.45) is 4.99 Å². The van der Waals surface area contributed by atoms with Gasteiger partial charge < -0.3 is 20.3 Å². The molecule has 0 saturated carbocycles. The minimum absolute atomic E-state index is 0.0499. The Labute approximate surface area is 185 Å². The van der Waals surface area contributed by atoms with E-state index in [1.54, 1.807) is 24.3 Å². The Morgan fingerprint density at radius 1 is 1.32 bits per heavy atom. The quantitative estimate of drug-likeness (QED) is 0.690. The largest absolute Gasteiger partial charge is 0.383 e. The Hall–Kier alpha value is -2.71. The summed E-state index contributed by atoms with van der Waals surface area (Å²) in [5.74, 6) is 0.951. The SMILES string of the molecule is COCCN=C1Nc2ncccc2NC12CCN(C(=O)Cc1c(F)cccc1Cl)CC2. The van der Waals surface area contributed by atoms with Gasteiger partial charge in [-0.15, -0.1) is 0 Å². The normalized spacial score (nSPS) is 18.4. The van der Waals surface area contributed by atoms with Crippen LogP contribution < -0.4 is 10.6 Å². The fraction of sp³-hybridized carbons (Fsp3) is 0.409. The van der Waals surface area contributed by atoms with Crippen molar-refractivity contribution in [1.29, 1.82) is 0 Å². The summed E-state index contributed by atoms with van der Waals surface area (Å²) in [5, 5.41) is 7.24. The van der Waals surface area contributed by atoms with E-state index in [0.29, 0.717) is 39.1 Å². The van der Waals surface area contributed by atoms with Gasteiger partial charge >= 0.3 is 0 Å². The standard InChI is InChI=1S/C22H25ClFN5O2/c1-31-13-10-26-21-22(28-18-6-3-9-25-20(18)27-21)7-11-29(12-8-22)19(30)14-15-16(23)4-2-5-17(15)24/h2-6,9,28H,7-8,10-14H2,1H3,(H,25,26,27). The number of benzene rings is 1. The maximum atomic E-state index is 14.1. The van der Waals surface area contributed by atoms with Crippen molar-refractivity contribution in [3.05, 3.63) is 52.9 Å². The maximum absolute atomic E-state index is 14.1. The van der Waals surface area contributed by atoms with Crippen LogP contribution in [0.3, 0.4) is 0 Å². The van der Waals surface area contributed by atoms with Gasteiger partial charge in [0.25, 0.3) is 0 Å². The number of amidine groups is 1. The van der Waals surface area contributed by atoms with Gasteiger partial charge in [0, 0.05) is 37.0 Å². The highest BCUT2D eigenvalue weighted by Crippen LogP contribution is 2.36. The van der Waals surface area contributed by atoms with Gasteiger partial charge in [-0.25, -0.2) is 9.37 Å². The van der Waals surface area contributed by atoms with Crippen LogP contribution in [0.2, 0.25) is 5.02 Å². The first kappa shape index (κ1) is 21.5. The summed E-state index contributed by atoms with van der Waals surface area (Å²) in [6.07, 6.45) is 3.01. The van der Waals surface area contributed by atoms with Gasteiger partial charge in [-0.3, -0.25) is 9.79 Å². The number of carbonyl (C=O) groups excluding carboxylic acids is 1. The number of aliphatic imine (C=N–C) groups is 1. The monoisotopic (exact) mass is 445 g/mol. The van der Waals surface area contributed by atoms with Gasteiger partial charge in [-0.1, -0.05) is 17.7 Å². The number of nitrogens with zero attached hydrogens (tertiary/aromatic N) is 3. The molecule has 2 N–H and O–H groups in total. The summed E-state index contributed by atoms with van der Waals surface area (Å²) >= 11 is 6.10. The van der Waals surface area contributed by atoms with Crippen molar-refractivity contribution < 1.29 is 13.9 Å². The Kier molecular flexibility index (Phi) is 6.38. The van der Waals surface area contributed by atoms with Gasteiger partial charge in [0.2, 0.25) is 5.91 Å². The number of halogens is 2. The van der Waals surface area contributed by atoms with Crippen LogP contribution >= 0.6 is 11.6 Å². The number of aromatic nitrogens is 1. The zero-order chi connectivity index (χ0) is 21.8. The lowest BCUT2D eigenvalue weighted by Gasteiger charge is -2.46. The highest BCUT2D eigenvalue weighted by molar-refractivity contribution is 6.31. The third-order valence-electron chi connectivity index (χ3n) is 5.80. The summed E-state index contributed by atoms with van der Waals surface area (Å²) in [6.45, 7) is 2.10. The van der Waals surface area contributed by atoms with Gasteiger partial charge in [0.15, 0.2) is 5.82 Å². The molecule has 2 aromatic rings. The van der Waals surface area contributed by atoms with Crippen molar-refractivity contribution in [2.75, 3.05) is 44.0 Å². The Balaban J connectivity index is 1.49. The first-order chi connectivity index (χ1) is 15.0. The maximum Gasteiger partial charge on any atom is 0.227 e. The van der Waals surface area contributed by atoms with Gasteiger partial charge in [-0.2, -0.15) is 0 Å². The molecule has 0 radical (unpaired) electrons. The number of pyridine rings is 1. The molecule has 0 atom stereocenters. The van der Waals surface area contributed by atoms with Crippen LogP contribution in [0, 0.1) is 5.82 Å². The average molecular weight is 446 g/mol. The van der Waals surface area contributed by atoms with Crippen LogP contribution in [0.1, 0.15) is 18.4 Å². The molecule has 0 bridgehead atoms. The molecule has 4 rings (SSSR count). The molecule has 1 amide bonds. The molecule has 0 unspecified atom stereocenters. The molecule has 9 heteroatoms. The Morgan fingerprint density at radius 2 is 2.13 bits per heavy atom. The number of piperidine rings is 1. The third kappa shape index (κ3) is 4.50. The second-order valence-electron chi connectivity index (χ2n) is 7.71. The summed E-state index contributed by atoms with van der Waals surface area (Å²) in [7, 11) is 1.64. The molecule has 164 valence electrons. The average Bonchev–Trinajstić information content (AvgIpc) is 2.77. The summed E-state index contributed by atoms with van der Waals surface area (Å²) in [5.41, 5.74) is 0.732. The van der Waals surface area contributed by atoms with E-state index < -0.39 is 11.4 Å². The molecule has 1 aromatic heterocycles. The molecule has 1 fully saturated rings. The highest BCUT2D eigenvalue weighted by Gasteiger charge is 2.43. The van der Waals surface area contributed by atoms with E-state index >= 15 is 0 Å². The molecule has 0 aliphatic carbocycles. The smallest absolute Gasteiger partial charge is 0.227 e. The number of hydrogen-bond donors (Lipinski definition) is 2. The number of carbonyl (C=O) groups is 1. The number of fused-ring (bicyclic) bond motifs is 1. The summed E-state index contributed by atoms with van der Waals surface area (Å²) in [4.78, 5) is 23.7. The predicted octanol–water partition coefficient (Wildman–Crippen LogP) is 3.36. The second-order valence-corrected chi connectivity index (χ2v) is 8.12. The number of methoxy groups -OCH3 is 1. The molecule has 1 saturated heterocycles. The van der Waals surface area contributed by atoms with E-state index in [1.165, 1.54) is 12.1 Å². The first-order valence-electron chi connectivity index (χ1n) is 10.3. The first-order valence-corrected chi connectivity index (χ1v) is 10.6. The molecular formula is C22H25ClFN5O2. The number of rotatable bonds is 5. The second kappa shape index (κ2) is 9.20. The number of ether oxygens (including phenoxy) is 1. The zero-order valence-electron chi connectivity index (χ0n) is 17.3. The number of hydrogen-bond acceptors (Lipinski definition) is 5. The summed E-state index contributed by atoms with van der Waals surface area (Å²) in [6, 6.07) is 8.32. The molecule has 3 heterocycles. The van der Waals surface area contributed by atoms with Crippen LogP contribution in [0.5, 0.6) is 0 Å². The lowest BCUT2D eigenvalue weighted by molar-refractivity contribution is -0.131. The molecular weight excluding hydrogens is 421 g/mol. The molecule has 1 aromatic carbocycles. The van der Waals surface area contributed by atoms with E-state index in [-0.39, 0.29) is 22.9 Å². The molecule has 31 heavy (non-hydrogen) atoms. The van der Waals surface area contributed by atoms with Crippen molar-refractivity contribution in [3.63, 3.8) is 0 Å². The number of amides is 1. The van der Waals surface area contributed by atoms with Crippen molar-refractivity contribution in [1.82, 2.24) is 9.88 Å². The van der Waals surface area contributed by atoms with Crippen molar-refractivity contribution in [3.8, 4) is 0 Å². The fourth-order valence-electron chi connectivity index (χ4n) is 4.06. The van der Waals surface area contributed by atoms with E-state index in [2.05, 4.69) is 15.6 Å². The van der Waals surface area contributed by atoms with E-state index in [9.17, 15) is 9.18 Å². The number of likely N-dealkylation sites (tertiary alicyclic amines) is 1. The van der Waals surface area contributed by atoms with Crippen molar-refractivity contribution in [2.45, 2.75) is 24.8 Å². The molecule has 7 nitrogen and oxygen atoms in total. The topological polar surface area (TPSA) is 78.8 Å². The van der Waals surface area contributed by atoms with Gasteiger partial charge in [0.05, 0.1) is 30.8 Å². The molecule has 1 spiro atoms. The number of nitrogens with one attached hydrogen (secondary N) is 2. The zero-order valence-corrected chi connectivity index (χ0v) is 18.1. The Bertz CT molecular complexity index is 971. The van der Waals surface area contributed by atoms with Crippen LogP contribution in [0.4, 0.5) is 15.9 Å². The van der Waals surface area contributed by atoms with Crippen LogP contribution in [-0.2, 0) is 16.0 Å². The van der Waals surface area contributed by atoms with Gasteiger partial charge in [-0.05, 0) is 37.1 Å². The predicted molar refractivity (Wildman–Crippen MR) is 119 cm³/mol. The van der Waals surface area contributed by atoms with Crippen LogP contribution in [-0.4, -0.2) is 60.5 Å². The third-order valence-corrected chi connectivity index (χ3v) is 6.15. The minimum atomic E-state index is -0.454. The lowest BCUT2D eigenvalue weighted by atomic mass is 9.84. The summed E-state index contributed by atoms with van der Waals surface area (Å²) < 4.78 is 19.2. The number of anilines is 2. The molecule has 2 aliphatic heterocycles. The minimum Gasteiger partial charge on any atom is -0.383 e. The highest BCUT2D eigenvalue weighted by atomic mass is 35.5. The lowest BCUT2D eigenvalue weighted by Crippen LogP contribution is -2.59. The van der Waals surface area contributed by atoms with E-state index in [0.717, 1.165) is 17.3 Å². The van der Waals surface area contributed by atoms with Crippen molar-refractivity contribution >= 4 is 34.8 Å².